The average Bonchev–Trinajstić information content (AvgIpc) is 3.36. The van der Waals surface area contributed by atoms with E-state index in [2.05, 4.69) is 44.2 Å². The molecule has 0 radical (unpaired) electrons. The molecule has 2 fully saturated rings. The third-order valence-electron chi connectivity index (χ3n) is 5.03. The summed E-state index contributed by atoms with van der Waals surface area (Å²) in [5.74, 6) is 2.39. The zero-order valence-electron chi connectivity index (χ0n) is 14.1. The van der Waals surface area contributed by atoms with Crippen molar-refractivity contribution in [3.63, 3.8) is 0 Å². The van der Waals surface area contributed by atoms with Crippen molar-refractivity contribution in [1.29, 1.82) is 0 Å². The summed E-state index contributed by atoms with van der Waals surface area (Å²) in [6.45, 7) is 2.51. The molecular formula is C17H22N6O. The summed E-state index contributed by atoms with van der Waals surface area (Å²) >= 11 is 0. The predicted octanol–water partition coefficient (Wildman–Crippen LogP) is 0.768. The van der Waals surface area contributed by atoms with Crippen LogP contribution in [0.5, 0.6) is 0 Å². The molecule has 1 saturated carbocycles. The topological polar surface area (TPSA) is 67.2 Å². The Labute approximate surface area is 140 Å². The minimum atomic E-state index is -0.0188. The van der Waals surface area contributed by atoms with Crippen LogP contribution in [0.3, 0.4) is 0 Å². The van der Waals surface area contributed by atoms with Crippen LogP contribution >= 0.6 is 0 Å². The highest BCUT2D eigenvalue weighted by atomic mass is 16.1. The molecule has 0 N–H and O–H groups in total. The number of rotatable bonds is 5. The molecule has 1 aliphatic carbocycles. The van der Waals surface area contributed by atoms with E-state index in [0.29, 0.717) is 18.5 Å². The molecule has 2 aliphatic rings. The summed E-state index contributed by atoms with van der Waals surface area (Å²) in [5.41, 5.74) is 1.11. The number of hydrogen-bond donors (Lipinski definition) is 0. The first-order valence-electron chi connectivity index (χ1n) is 8.41. The summed E-state index contributed by atoms with van der Waals surface area (Å²) in [5, 5.41) is 8.71. The van der Waals surface area contributed by atoms with Crippen molar-refractivity contribution in [2.24, 2.45) is 7.05 Å². The van der Waals surface area contributed by atoms with E-state index in [1.165, 1.54) is 18.9 Å². The van der Waals surface area contributed by atoms with E-state index in [0.717, 1.165) is 30.4 Å². The standard InChI is InChI=1S/C17H22N6O/c1-21(11-16-18-8-7-17(24)22(16)2)13-9-23(10-13)15-6-5-14(19-20-15)12-3-4-12/h5-8,12-13H,3-4,9-11H2,1-2H3. The Morgan fingerprint density at radius 1 is 1.21 bits per heavy atom. The van der Waals surface area contributed by atoms with Gasteiger partial charge in [-0.3, -0.25) is 14.3 Å². The zero-order chi connectivity index (χ0) is 16.7. The molecule has 0 amide bonds. The first kappa shape index (κ1) is 15.3. The Balaban J connectivity index is 1.34. The van der Waals surface area contributed by atoms with Crippen LogP contribution in [-0.2, 0) is 13.6 Å². The fourth-order valence-electron chi connectivity index (χ4n) is 3.03. The Kier molecular flexibility index (Phi) is 3.80. The van der Waals surface area contributed by atoms with Crippen LogP contribution in [0.25, 0.3) is 0 Å². The SMILES string of the molecule is CN(Cc1nccc(=O)n1C)C1CN(c2ccc(C3CC3)nn2)C1. The quantitative estimate of drug-likeness (QED) is 0.808. The van der Waals surface area contributed by atoms with Crippen molar-refractivity contribution < 1.29 is 0 Å². The number of nitrogens with zero attached hydrogens (tertiary/aromatic N) is 6. The molecule has 1 saturated heterocycles. The number of anilines is 1. The average molecular weight is 326 g/mol. The lowest BCUT2D eigenvalue weighted by molar-refractivity contribution is 0.190. The minimum absolute atomic E-state index is 0.0188. The molecule has 24 heavy (non-hydrogen) atoms. The van der Waals surface area contributed by atoms with Crippen LogP contribution in [0.15, 0.2) is 29.2 Å². The molecule has 7 nitrogen and oxygen atoms in total. The maximum Gasteiger partial charge on any atom is 0.253 e. The van der Waals surface area contributed by atoms with Gasteiger partial charge in [-0.1, -0.05) is 0 Å². The molecule has 4 rings (SSSR count). The molecule has 7 heteroatoms. The van der Waals surface area contributed by atoms with Gasteiger partial charge in [0.15, 0.2) is 5.82 Å². The van der Waals surface area contributed by atoms with Crippen molar-refractivity contribution in [3.05, 3.63) is 46.3 Å². The first-order valence-corrected chi connectivity index (χ1v) is 8.41. The maximum absolute atomic E-state index is 11.7. The van der Waals surface area contributed by atoms with Gasteiger partial charge in [-0.15, -0.1) is 5.10 Å². The summed E-state index contributed by atoms with van der Waals surface area (Å²) in [6, 6.07) is 6.12. The monoisotopic (exact) mass is 326 g/mol. The normalized spacial score (nSPS) is 18.0. The van der Waals surface area contributed by atoms with E-state index in [9.17, 15) is 4.79 Å². The predicted molar refractivity (Wildman–Crippen MR) is 91.0 cm³/mol. The zero-order valence-corrected chi connectivity index (χ0v) is 14.1. The molecule has 0 bridgehead atoms. The largest absolute Gasteiger partial charge is 0.352 e. The lowest BCUT2D eigenvalue weighted by Crippen LogP contribution is -2.58. The van der Waals surface area contributed by atoms with Gasteiger partial charge in [0, 0.05) is 44.4 Å². The van der Waals surface area contributed by atoms with E-state index in [-0.39, 0.29) is 5.56 Å². The Bertz CT molecular complexity index is 776. The molecular weight excluding hydrogens is 304 g/mol. The fraction of sp³-hybridized carbons (Fsp3) is 0.529. The van der Waals surface area contributed by atoms with Gasteiger partial charge in [-0.25, -0.2) is 4.98 Å². The van der Waals surface area contributed by atoms with Crippen LogP contribution in [0.2, 0.25) is 0 Å². The summed E-state index contributed by atoms with van der Waals surface area (Å²) in [4.78, 5) is 20.5. The van der Waals surface area contributed by atoms with Gasteiger partial charge in [-0.05, 0) is 32.0 Å². The number of hydrogen-bond acceptors (Lipinski definition) is 6. The second-order valence-corrected chi connectivity index (χ2v) is 6.82. The van der Waals surface area contributed by atoms with Crippen molar-refractivity contribution in [1.82, 2.24) is 24.6 Å². The second kappa shape index (κ2) is 5.98. The lowest BCUT2D eigenvalue weighted by Gasteiger charge is -2.44. The molecule has 2 aromatic rings. The van der Waals surface area contributed by atoms with E-state index in [1.54, 1.807) is 17.8 Å². The van der Waals surface area contributed by atoms with Crippen molar-refractivity contribution in [3.8, 4) is 0 Å². The van der Waals surface area contributed by atoms with Crippen LogP contribution in [0, 0.1) is 0 Å². The van der Waals surface area contributed by atoms with E-state index >= 15 is 0 Å². The van der Waals surface area contributed by atoms with E-state index < -0.39 is 0 Å². The maximum atomic E-state index is 11.7. The van der Waals surface area contributed by atoms with E-state index in [1.807, 2.05) is 0 Å². The van der Waals surface area contributed by atoms with Crippen LogP contribution in [0.4, 0.5) is 5.82 Å². The number of likely N-dealkylation sites (N-methyl/N-ethyl adjacent to an activating group) is 1. The Morgan fingerprint density at radius 3 is 2.67 bits per heavy atom. The van der Waals surface area contributed by atoms with Gasteiger partial charge in [0.25, 0.3) is 5.56 Å². The first-order chi connectivity index (χ1) is 11.6. The van der Waals surface area contributed by atoms with Crippen LogP contribution in [-0.4, -0.2) is 50.8 Å². The molecule has 1 aliphatic heterocycles. The molecule has 2 aromatic heterocycles. The van der Waals surface area contributed by atoms with Crippen LogP contribution < -0.4 is 10.5 Å². The van der Waals surface area contributed by atoms with Gasteiger partial charge < -0.3 is 4.90 Å². The summed E-state index contributed by atoms with van der Waals surface area (Å²) < 4.78 is 1.61. The third-order valence-corrected chi connectivity index (χ3v) is 5.03. The van der Waals surface area contributed by atoms with Gasteiger partial charge in [0.2, 0.25) is 0 Å². The molecule has 0 unspecified atom stereocenters. The third kappa shape index (κ3) is 2.91. The smallest absolute Gasteiger partial charge is 0.253 e. The Morgan fingerprint density at radius 2 is 2.00 bits per heavy atom. The lowest BCUT2D eigenvalue weighted by atomic mass is 10.1. The fourth-order valence-corrected chi connectivity index (χ4v) is 3.03. The van der Waals surface area contributed by atoms with Gasteiger partial charge in [-0.2, -0.15) is 5.10 Å². The van der Waals surface area contributed by atoms with E-state index in [4.69, 9.17) is 0 Å². The minimum Gasteiger partial charge on any atom is -0.352 e. The highest BCUT2D eigenvalue weighted by Gasteiger charge is 2.32. The van der Waals surface area contributed by atoms with Gasteiger partial charge >= 0.3 is 0 Å². The highest BCUT2D eigenvalue weighted by molar-refractivity contribution is 5.42. The van der Waals surface area contributed by atoms with Crippen LogP contribution in [0.1, 0.15) is 30.3 Å². The molecule has 0 spiro atoms. The Hall–Kier alpha value is -2.28. The van der Waals surface area contributed by atoms with Crippen molar-refractivity contribution in [2.45, 2.75) is 31.3 Å². The van der Waals surface area contributed by atoms with Crippen molar-refractivity contribution in [2.75, 3.05) is 25.0 Å². The molecule has 0 atom stereocenters. The van der Waals surface area contributed by atoms with Gasteiger partial charge in [0.05, 0.1) is 12.2 Å². The summed E-state index contributed by atoms with van der Waals surface area (Å²) in [6.07, 6.45) is 4.08. The molecule has 126 valence electrons. The highest BCUT2D eigenvalue weighted by Crippen LogP contribution is 2.38. The summed E-state index contributed by atoms with van der Waals surface area (Å²) in [7, 11) is 3.84. The molecule has 3 heterocycles. The molecule has 0 aromatic carbocycles. The van der Waals surface area contributed by atoms with Gasteiger partial charge in [0.1, 0.15) is 5.82 Å². The second-order valence-electron chi connectivity index (χ2n) is 6.82. The number of aromatic nitrogens is 4. The van der Waals surface area contributed by atoms with Crippen molar-refractivity contribution >= 4 is 5.82 Å².